The van der Waals surface area contributed by atoms with E-state index < -0.39 is 0 Å². The predicted molar refractivity (Wildman–Crippen MR) is 64.9 cm³/mol. The van der Waals surface area contributed by atoms with E-state index in [1.54, 1.807) is 0 Å². The first-order valence-corrected chi connectivity index (χ1v) is 6.40. The van der Waals surface area contributed by atoms with Crippen molar-refractivity contribution in [1.82, 2.24) is 5.32 Å². The molecule has 3 aliphatic rings. The summed E-state index contributed by atoms with van der Waals surface area (Å²) in [5.41, 5.74) is 1.48. The van der Waals surface area contributed by atoms with Gasteiger partial charge in [0.15, 0.2) is 0 Å². The topological polar surface area (TPSA) is 12.0 Å². The van der Waals surface area contributed by atoms with Crippen molar-refractivity contribution in [2.24, 2.45) is 23.7 Å². The van der Waals surface area contributed by atoms with E-state index in [1.165, 1.54) is 18.5 Å². The maximum Gasteiger partial charge on any atom is 0.0357 e. The van der Waals surface area contributed by atoms with Gasteiger partial charge < -0.3 is 5.32 Å². The maximum absolute atomic E-state index is 3.74. The van der Waals surface area contributed by atoms with Gasteiger partial charge in [0.05, 0.1) is 0 Å². The van der Waals surface area contributed by atoms with Crippen molar-refractivity contribution in [3.05, 3.63) is 48.0 Å². The summed E-state index contributed by atoms with van der Waals surface area (Å²) in [6.07, 6.45) is 6.34. The molecule has 1 saturated carbocycles. The summed E-state index contributed by atoms with van der Waals surface area (Å²) < 4.78 is 0. The van der Waals surface area contributed by atoms with Crippen LogP contribution in [0.15, 0.2) is 42.5 Å². The highest BCUT2D eigenvalue weighted by Gasteiger charge is 2.51. The number of rotatable bonds is 1. The smallest absolute Gasteiger partial charge is 0.0357 e. The molecule has 1 N–H and O–H groups in total. The van der Waals surface area contributed by atoms with Crippen molar-refractivity contribution in [1.29, 1.82) is 0 Å². The van der Waals surface area contributed by atoms with Crippen molar-refractivity contribution in [3.63, 3.8) is 0 Å². The molecule has 0 spiro atoms. The van der Waals surface area contributed by atoms with Crippen LogP contribution in [0.3, 0.4) is 0 Å². The van der Waals surface area contributed by atoms with Crippen LogP contribution in [0.2, 0.25) is 0 Å². The molecule has 1 saturated heterocycles. The van der Waals surface area contributed by atoms with Crippen LogP contribution in [0.5, 0.6) is 0 Å². The Labute approximate surface area is 96.6 Å². The second kappa shape index (κ2) is 3.21. The molecule has 0 unspecified atom stereocenters. The summed E-state index contributed by atoms with van der Waals surface area (Å²) in [5.74, 6) is 3.48. The second-order valence-corrected chi connectivity index (χ2v) is 5.49. The number of allylic oxidation sites excluding steroid dienone is 2. The van der Waals surface area contributed by atoms with E-state index >= 15 is 0 Å². The molecule has 2 bridgehead atoms. The standard InChI is InChI=1S/C15H17N/c1-2-4-10(5-3-1)15-14-12-7-6-11(8-12)13(14)9-16-15/h1-7,11-16H,8-9H2/t11-,12+,13-,14+,15+/m1/s1. The van der Waals surface area contributed by atoms with Gasteiger partial charge in [0.1, 0.15) is 0 Å². The first kappa shape index (κ1) is 9.00. The highest BCUT2D eigenvalue weighted by molar-refractivity contribution is 5.26. The van der Waals surface area contributed by atoms with Gasteiger partial charge in [0.2, 0.25) is 0 Å². The van der Waals surface area contributed by atoms with Gasteiger partial charge in [-0.1, -0.05) is 42.5 Å². The highest BCUT2D eigenvalue weighted by Crippen LogP contribution is 2.55. The molecule has 16 heavy (non-hydrogen) atoms. The third kappa shape index (κ3) is 1.10. The van der Waals surface area contributed by atoms with Crippen molar-refractivity contribution >= 4 is 0 Å². The molecular weight excluding hydrogens is 194 g/mol. The minimum absolute atomic E-state index is 0.603. The molecule has 1 heterocycles. The summed E-state index contributed by atoms with van der Waals surface area (Å²) in [5, 5.41) is 3.74. The largest absolute Gasteiger partial charge is 0.309 e. The highest BCUT2D eigenvalue weighted by atomic mass is 15.0. The number of fused-ring (bicyclic) bond motifs is 5. The Morgan fingerprint density at radius 1 is 1.00 bits per heavy atom. The van der Waals surface area contributed by atoms with Crippen molar-refractivity contribution in [3.8, 4) is 0 Å². The molecular formula is C15H17N. The van der Waals surface area contributed by atoms with E-state index in [9.17, 15) is 0 Å². The lowest BCUT2D eigenvalue weighted by Gasteiger charge is -2.25. The fourth-order valence-electron chi connectivity index (χ4n) is 4.14. The van der Waals surface area contributed by atoms with E-state index in [1.807, 2.05) is 0 Å². The van der Waals surface area contributed by atoms with Gasteiger partial charge in [0.25, 0.3) is 0 Å². The van der Waals surface area contributed by atoms with Crippen LogP contribution in [0.1, 0.15) is 18.0 Å². The van der Waals surface area contributed by atoms with Crippen LogP contribution in [-0.2, 0) is 0 Å². The van der Waals surface area contributed by atoms with Crippen LogP contribution in [-0.4, -0.2) is 6.54 Å². The Morgan fingerprint density at radius 2 is 1.81 bits per heavy atom. The zero-order chi connectivity index (χ0) is 10.5. The Bertz CT molecular complexity index is 422. The summed E-state index contributed by atoms with van der Waals surface area (Å²) in [4.78, 5) is 0. The van der Waals surface area contributed by atoms with Gasteiger partial charge in [-0.15, -0.1) is 0 Å². The van der Waals surface area contributed by atoms with Crippen molar-refractivity contribution < 1.29 is 0 Å². The minimum Gasteiger partial charge on any atom is -0.309 e. The van der Waals surface area contributed by atoms with Crippen LogP contribution < -0.4 is 5.32 Å². The monoisotopic (exact) mass is 211 g/mol. The fourth-order valence-corrected chi connectivity index (χ4v) is 4.14. The molecule has 0 amide bonds. The number of hydrogen-bond donors (Lipinski definition) is 1. The summed E-state index contributed by atoms with van der Waals surface area (Å²) >= 11 is 0. The Morgan fingerprint density at radius 3 is 2.69 bits per heavy atom. The summed E-state index contributed by atoms with van der Waals surface area (Å²) in [6.45, 7) is 1.22. The molecule has 1 aromatic carbocycles. The van der Waals surface area contributed by atoms with Gasteiger partial charge in [-0.2, -0.15) is 0 Å². The van der Waals surface area contributed by atoms with Gasteiger partial charge in [-0.05, 0) is 42.2 Å². The average molecular weight is 211 g/mol. The van der Waals surface area contributed by atoms with E-state index in [-0.39, 0.29) is 0 Å². The van der Waals surface area contributed by atoms with Crippen LogP contribution in [0.4, 0.5) is 0 Å². The molecule has 2 fully saturated rings. The molecule has 1 aliphatic heterocycles. The number of benzene rings is 1. The Balaban J connectivity index is 1.70. The lowest BCUT2D eigenvalue weighted by molar-refractivity contribution is 0.342. The summed E-state index contributed by atoms with van der Waals surface area (Å²) in [6, 6.07) is 11.6. The number of nitrogens with one attached hydrogen (secondary N) is 1. The SMILES string of the molecule is C1=C[C@H]2C[C@@H]1[C@H]1CN[C@@H](c3ccccc3)[C@H]12. The quantitative estimate of drug-likeness (QED) is 0.704. The Hall–Kier alpha value is -1.08. The van der Waals surface area contributed by atoms with Crippen molar-refractivity contribution in [2.45, 2.75) is 12.5 Å². The van der Waals surface area contributed by atoms with E-state index in [0.29, 0.717) is 6.04 Å². The number of hydrogen-bond acceptors (Lipinski definition) is 1. The third-order valence-electron chi connectivity index (χ3n) is 4.81. The van der Waals surface area contributed by atoms with E-state index in [4.69, 9.17) is 0 Å². The zero-order valence-electron chi connectivity index (χ0n) is 9.34. The van der Waals surface area contributed by atoms with Gasteiger partial charge in [-0.25, -0.2) is 0 Å². The van der Waals surface area contributed by atoms with Crippen LogP contribution in [0, 0.1) is 23.7 Å². The molecule has 0 radical (unpaired) electrons. The third-order valence-corrected chi connectivity index (χ3v) is 4.81. The Kier molecular flexibility index (Phi) is 1.80. The molecule has 0 aromatic heterocycles. The summed E-state index contributed by atoms with van der Waals surface area (Å²) in [7, 11) is 0. The predicted octanol–water partition coefficient (Wildman–Crippen LogP) is 2.77. The fraction of sp³-hybridized carbons (Fsp3) is 0.467. The van der Waals surface area contributed by atoms with E-state index in [2.05, 4.69) is 47.8 Å². The average Bonchev–Trinajstić information content (AvgIpc) is 3.03. The molecule has 1 nitrogen and oxygen atoms in total. The zero-order valence-corrected chi connectivity index (χ0v) is 9.34. The lowest BCUT2D eigenvalue weighted by atomic mass is 9.80. The molecule has 1 aromatic rings. The molecule has 5 atom stereocenters. The van der Waals surface area contributed by atoms with E-state index in [0.717, 1.165) is 23.7 Å². The molecule has 2 aliphatic carbocycles. The first-order valence-electron chi connectivity index (χ1n) is 6.40. The maximum atomic E-state index is 3.74. The lowest BCUT2D eigenvalue weighted by Crippen LogP contribution is -2.21. The van der Waals surface area contributed by atoms with Crippen molar-refractivity contribution in [2.75, 3.05) is 6.54 Å². The minimum atomic E-state index is 0.603. The molecule has 1 heteroatoms. The van der Waals surface area contributed by atoms with Crippen LogP contribution in [0.25, 0.3) is 0 Å². The normalized spacial score (nSPS) is 43.9. The van der Waals surface area contributed by atoms with Gasteiger partial charge in [0, 0.05) is 6.04 Å². The van der Waals surface area contributed by atoms with Gasteiger partial charge in [-0.3, -0.25) is 0 Å². The molecule has 82 valence electrons. The van der Waals surface area contributed by atoms with Crippen LogP contribution >= 0.6 is 0 Å². The molecule has 4 rings (SSSR count). The first-order chi connectivity index (χ1) is 7.93. The van der Waals surface area contributed by atoms with Gasteiger partial charge >= 0.3 is 0 Å². The second-order valence-electron chi connectivity index (χ2n) is 5.49.